The van der Waals surface area contributed by atoms with Gasteiger partial charge in [0.25, 0.3) is 0 Å². The zero-order valence-electron chi connectivity index (χ0n) is 12.4. The number of hydrogen-bond donors (Lipinski definition) is 1. The molecule has 0 aliphatic carbocycles. The summed E-state index contributed by atoms with van der Waals surface area (Å²) in [5.41, 5.74) is 2.01. The summed E-state index contributed by atoms with van der Waals surface area (Å²) in [7, 11) is 1.65. The number of ether oxygens (including phenoxy) is 1. The van der Waals surface area contributed by atoms with Gasteiger partial charge in [-0.15, -0.1) is 0 Å². The molecule has 1 N–H and O–H groups in total. The molecule has 21 heavy (non-hydrogen) atoms. The number of benzene rings is 2. The van der Waals surface area contributed by atoms with Gasteiger partial charge in [0.05, 0.1) is 7.11 Å². The second-order valence-electron chi connectivity index (χ2n) is 5.05. The van der Waals surface area contributed by atoms with Gasteiger partial charge in [0.15, 0.2) is 0 Å². The van der Waals surface area contributed by atoms with Crippen molar-refractivity contribution in [1.82, 2.24) is 5.32 Å². The average molecular weight is 308 g/mol. The average Bonchev–Trinajstić information content (AvgIpc) is 2.47. The molecule has 2 aromatic rings. The van der Waals surface area contributed by atoms with Crippen LogP contribution >= 0.6 is 11.6 Å². The van der Waals surface area contributed by atoms with Crippen molar-refractivity contribution in [2.75, 3.05) is 7.11 Å². The summed E-state index contributed by atoms with van der Waals surface area (Å²) in [5.74, 6) is 0.505. The molecule has 0 saturated heterocycles. The Bertz CT molecular complexity index is 617. The molecule has 0 aliphatic rings. The molecular weight excluding hydrogens is 289 g/mol. The third kappa shape index (κ3) is 3.96. The topological polar surface area (TPSA) is 21.3 Å². The van der Waals surface area contributed by atoms with E-state index in [1.54, 1.807) is 13.2 Å². The van der Waals surface area contributed by atoms with Gasteiger partial charge in [-0.2, -0.15) is 0 Å². The van der Waals surface area contributed by atoms with Crippen molar-refractivity contribution in [1.29, 1.82) is 0 Å². The van der Waals surface area contributed by atoms with Gasteiger partial charge in [0.2, 0.25) is 0 Å². The second kappa shape index (κ2) is 6.92. The Hall–Kier alpha value is -1.58. The molecule has 4 heteroatoms. The molecule has 112 valence electrons. The van der Waals surface area contributed by atoms with Crippen molar-refractivity contribution in [3.63, 3.8) is 0 Å². The monoisotopic (exact) mass is 307 g/mol. The maximum Gasteiger partial charge on any atom is 0.124 e. The first kappa shape index (κ1) is 15.8. The normalized spacial score (nSPS) is 13.8. The molecule has 2 atom stereocenters. The van der Waals surface area contributed by atoms with E-state index in [2.05, 4.69) is 12.2 Å². The number of methoxy groups -OCH3 is 1. The summed E-state index contributed by atoms with van der Waals surface area (Å²) in [4.78, 5) is 0. The highest BCUT2D eigenvalue weighted by atomic mass is 35.5. The minimum absolute atomic E-state index is 0.0132. The molecule has 0 amide bonds. The molecule has 2 nitrogen and oxygen atoms in total. The van der Waals surface area contributed by atoms with Gasteiger partial charge >= 0.3 is 0 Å². The van der Waals surface area contributed by atoms with Crippen LogP contribution in [0.5, 0.6) is 5.75 Å². The van der Waals surface area contributed by atoms with Gasteiger partial charge in [0.1, 0.15) is 11.6 Å². The predicted octanol–water partition coefficient (Wildman–Crippen LogP) is 4.90. The fraction of sp³-hybridized carbons (Fsp3) is 0.294. The first-order chi connectivity index (χ1) is 10.0. The van der Waals surface area contributed by atoms with Crippen molar-refractivity contribution in [3.05, 3.63) is 64.4 Å². The van der Waals surface area contributed by atoms with Crippen LogP contribution in [0.1, 0.15) is 37.1 Å². The van der Waals surface area contributed by atoms with E-state index in [1.807, 2.05) is 31.2 Å². The van der Waals surface area contributed by atoms with Crippen LogP contribution in [0.2, 0.25) is 5.02 Å². The van der Waals surface area contributed by atoms with Crippen LogP contribution in [0.3, 0.4) is 0 Å². The number of rotatable bonds is 5. The van der Waals surface area contributed by atoms with Crippen molar-refractivity contribution >= 4 is 11.6 Å². The maximum atomic E-state index is 13.1. The highest BCUT2D eigenvalue weighted by Gasteiger charge is 2.14. The Labute approximate surface area is 129 Å². The number of nitrogens with one attached hydrogen (secondary N) is 1. The summed E-state index contributed by atoms with van der Waals surface area (Å²) < 4.78 is 18.3. The second-order valence-corrected chi connectivity index (χ2v) is 5.46. The third-order valence-electron chi connectivity index (χ3n) is 3.52. The molecule has 0 saturated carbocycles. The van der Waals surface area contributed by atoms with Crippen molar-refractivity contribution in [2.24, 2.45) is 0 Å². The lowest BCUT2D eigenvalue weighted by Crippen LogP contribution is -2.22. The smallest absolute Gasteiger partial charge is 0.124 e. The van der Waals surface area contributed by atoms with Crippen LogP contribution < -0.4 is 10.1 Å². The molecule has 1 unspecified atom stereocenters. The Morgan fingerprint density at radius 3 is 2.52 bits per heavy atom. The van der Waals surface area contributed by atoms with Gasteiger partial charge in [-0.05, 0) is 49.2 Å². The van der Waals surface area contributed by atoms with Gasteiger partial charge in [-0.25, -0.2) is 4.39 Å². The first-order valence-electron chi connectivity index (χ1n) is 6.86. The molecule has 0 spiro atoms. The lowest BCUT2D eigenvalue weighted by molar-refractivity contribution is 0.412. The van der Waals surface area contributed by atoms with Crippen LogP contribution in [-0.4, -0.2) is 7.11 Å². The Morgan fingerprint density at radius 2 is 1.86 bits per heavy atom. The maximum absolute atomic E-state index is 13.1. The first-order valence-corrected chi connectivity index (χ1v) is 7.24. The van der Waals surface area contributed by atoms with E-state index in [0.29, 0.717) is 5.02 Å². The summed E-state index contributed by atoms with van der Waals surface area (Å²) in [6.07, 6.45) is 0. The van der Waals surface area contributed by atoms with Crippen LogP contribution in [0.25, 0.3) is 0 Å². The lowest BCUT2D eigenvalue weighted by Gasteiger charge is -2.22. The molecule has 0 aromatic heterocycles. The van der Waals surface area contributed by atoms with Crippen LogP contribution in [-0.2, 0) is 0 Å². The van der Waals surface area contributed by atoms with E-state index in [0.717, 1.165) is 16.9 Å². The molecule has 0 heterocycles. The minimum Gasteiger partial charge on any atom is -0.497 e. The van der Waals surface area contributed by atoms with Gasteiger partial charge in [-0.1, -0.05) is 29.8 Å². The van der Waals surface area contributed by atoms with E-state index in [4.69, 9.17) is 16.3 Å². The summed E-state index contributed by atoms with van der Waals surface area (Å²) in [6.45, 7) is 4.08. The van der Waals surface area contributed by atoms with Crippen LogP contribution in [0, 0.1) is 5.82 Å². The summed E-state index contributed by atoms with van der Waals surface area (Å²) in [6, 6.07) is 12.5. The summed E-state index contributed by atoms with van der Waals surface area (Å²) in [5, 5.41) is 3.90. The largest absolute Gasteiger partial charge is 0.497 e. The van der Waals surface area contributed by atoms with E-state index < -0.39 is 0 Å². The number of halogens is 2. The van der Waals surface area contributed by atoms with Crippen LogP contribution in [0.4, 0.5) is 4.39 Å². The Morgan fingerprint density at radius 1 is 1.10 bits per heavy atom. The van der Waals surface area contributed by atoms with Gasteiger partial charge in [-0.3, -0.25) is 0 Å². The fourth-order valence-corrected chi connectivity index (χ4v) is 2.66. The molecule has 0 aliphatic heterocycles. The highest BCUT2D eigenvalue weighted by Crippen LogP contribution is 2.27. The SMILES string of the molecule is COc1cccc([C@@H](C)NC(C)c2ccc(F)cc2Cl)c1. The van der Waals surface area contributed by atoms with Crippen molar-refractivity contribution in [3.8, 4) is 5.75 Å². The third-order valence-corrected chi connectivity index (χ3v) is 3.85. The lowest BCUT2D eigenvalue weighted by atomic mass is 10.0. The van der Waals surface area contributed by atoms with Crippen LogP contribution in [0.15, 0.2) is 42.5 Å². The highest BCUT2D eigenvalue weighted by molar-refractivity contribution is 6.31. The number of hydrogen-bond acceptors (Lipinski definition) is 2. The van der Waals surface area contributed by atoms with Gasteiger partial charge < -0.3 is 10.1 Å². The fourth-order valence-electron chi connectivity index (χ4n) is 2.32. The summed E-state index contributed by atoms with van der Waals surface area (Å²) >= 11 is 6.10. The van der Waals surface area contributed by atoms with Crippen molar-refractivity contribution in [2.45, 2.75) is 25.9 Å². The molecule has 0 radical (unpaired) electrons. The van der Waals surface area contributed by atoms with E-state index in [-0.39, 0.29) is 17.9 Å². The Kier molecular flexibility index (Phi) is 5.21. The zero-order valence-corrected chi connectivity index (χ0v) is 13.1. The molecule has 2 rings (SSSR count). The molecule has 2 aromatic carbocycles. The standard InChI is InChI=1S/C17H19ClFNO/c1-11(13-5-4-6-15(9-13)21-3)20-12(2)16-8-7-14(19)10-17(16)18/h4-12,20H,1-3H3/t11-,12?/m1/s1. The van der Waals surface area contributed by atoms with E-state index >= 15 is 0 Å². The zero-order chi connectivity index (χ0) is 15.4. The molecule has 0 bridgehead atoms. The van der Waals surface area contributed by atoms with E-state index in [9.17, 15) is 4.39 Å². The van der Waals surface area contributed by atoms with E-state index in [1.165, 1.54) is 12.1 Å². The predicted molar refractivity (Wildman–Crippen MR) is 84.4 cm³/mol. The minimum atomic E-state index is -0.322. The van der Waals surface area contributed by atoms with Gasteiger partial charge in [0, 0.05) is 17.1 Å². The van der Waals surface area contributed by atoms with Crippen molar-refractivity contribution < 1.29 is 9.13 Å². The molecule has 0 fully saturated rings. The molecular formula is C17H19ClFNO. The quantitative estimate of drug-likeness (QED) is 0.848. The Balaban J connectivity index is 2.12.